The molecule has 2 N–H and O–H groups in total. The van der Waals surface area contributed by atoms with Crippen LogP contribution in [0.25, 0.3) is 27.0 Å². The van der Waals surface area contributed by atoms with E-state index in [0.29, 0.717) is 33.0 Å². The number of hydrogen-bond donors (Lipinski definition) is 2. The predicted molar refractivity (Wildman–Crippen MR) is 131 cm³/mol. The van der Waals surface area contributed by atoms with Crippen molar-refractivity contribution in [3.63, 3.8) is 0 Å². The van der Waals surface area contributed by atoms with E-state index in [4.69, 9.17) is 9.47 Å². The summed E-state index contributed by atoms with van der Waals surface area (Å²) in [5, 5.41) is 14.8. The van der Waals surface area contributed by atoms with E-state index >= 15 is 0 Å². The number of ether oxygens (including phenoxy) is 2. The van der Waals surface area contributed by atoms with Gasteiger partial charge >= 0.3 is 0 Å². The number of aromatic nitrogens is 5. The molecule has 0 atom stereocenters. The fourth-order valence-corrected chi connectivity index (χ4v) is 4.92. The Morgan fingerprint density at radius 2 is 1.97 bits per heavy atom. The standard InChI is InChI=1S/C22H18N6O4S2/c1-31-16-8-7-12(9-17(16)32-2)14-10-15-20(30)25-26-22(28(15)27-14)33-11-19(29)24-21-23-13-5-3-4-6-18(13)34-21/h3-10H,11H2,1-2H3,(H,25,30)(H,23,24,29). The summed E-state index contributed by atoms with van der Waals surface area (Å²) in [6.07, 6.45) is 0. The molecule has 3 heterocycles. The third-order valence-corrected chi connectivity index (χ3v) is 6.81. The summed E-state index contributed by atoms with van der Waals surface area (Å²) in [6.45, 7) is 0. The average molecular weight is 495 g/mol. The van der Waals surface area contributed by atoms with E-state index < -0.39 is 0 Å². The van der Waals surface area contributed by atoms with Gasteiger partial charge in [0, 0.05) is 5.56 Å². The van der Waals surface area contributed by atoms with Crippen molar-refractivity contribution >= 4 is 49.9 Å². The van der Waals surface area contributed by atoms with E-state index in [9.17, 15) is 9.59 Å². The first-order chi connectivity index (χ1) is 16.6. The summed E-state index contributed by atoms with van der Waals surface area (Å²) >= 11 is 2.56. The van der Waals surface area contributed by atoms with Gasteiger partial charge in [0.05, 0.1) is 35.9 Å². The highest BCUT2D eigenvalue weighted by Crippen LogP contribution is 2.32. The molecule has 12 heteroatoms. The van der Waals surface area contributed by atoms with Crippen LogP contribution in [0.15, 0.2) is 58.5 Å². The predicted octanol–water partition coefficient (Wildman–Crippen LogP) is 3.44. The number of carbonyl (C=O) groups is 1. The molecule has 2 aromatic carbocycles. The molecule has 0 radical (unpaired) electrons. The molecule has 0 saturated carbocycles. The Labute approximate surface area is 200 Å². The molecule has 0 fully saturated rings. The molecule has 0 spiro atoms. The second kappa shape index (κ2) is 9.15. The van der Waals surface area contributed by atoms with Crippen molar-refractivity contribution in [3.8, 4) is 22.8 Å². The molecule has 5 rings (SSSR count). The lowest BCUT2D eigenvalue weighted by Gasteiger charge is -2.08. The highest BCUT2D eigenvalue weighted by Gasteiger charge is 2.16. The third kappa shape index (κ3) is 4.20. The van der Waals surface area contributed by atoms with Crippen LogP contribution in [0.5, 0.6) is 11.5 Å². The van der Waals surface area contributed by atoms with Crippen LogP contribution in [0.2, 0.25) is 0 Å². The van der Waals surface area contributed by atoms with Crippen LogP contribution in [-0.2, 0) is 4.79 Å². The van der Waals surface area contributed by atoms with Crippen molar-refractivity contribution in [1.29, 1.82) is 0 Å². The van der Waals surface area contributed by atoms with E-state index in [2.05, 4.69) is 25.6 Å². The topological polar surface area (TPSA) is 124 Å². The SMILES string of the molecule is COc1ccc(-c2cc3c(=O)[nH]nc(SCC(=O)Nc4nc5ccccc5s4)n3n2)cc1OC. The van der Waals surface area contributed by atoms with Gasteiger partial charge in [-0.3, -0.25) is 9.59 Å². The molecule has 0 saturated heterocycles. The lowest BCUT2D eigenvalue weighted by molar-refractivity contribution is -0.113. The van der Waals surface area contributed by atoms with Crippen LogP contribution < -0.4 is 20.3 Å². The number of fused-ring (bicyclic) bond motifs is 2. The average Bonchev–Trinajstić information content (AvgIpc) is 3.48. The van der Waals surface area contributed by atoms with Crippen molar-refractivity contribution in [3.05, 3.63) is 58.9 Å². The number of nitrogens with one attached hydrogen (secondary N) is 2. The summed E-state index contributed by atoms with van der Waals surface area (Å²) in [5.41, 5.74) is 2.06. The van der Waals surface area contributed by atoms with Gasteiger partial charge in [0.15, 0.2) is 16.6 Å². The second-order valence-corrected chi connectivity index (χ2v) is 9.03. The first-order valence-corrected chi connectivity index (χ1v) is 11.8. The van der Waals surface area contributed by atoms with Crippen molar-refractivity contribution in [1.82, 2.24) is 24.8 Å². The lowest BCUT2D eigenvalue weighted by atomic mass is 10.1. The van der Waals surface area contributed by atoms with Gasteiger partial charge in [-0.2, -0.15) is 5.10 Å². The molecule has 10 nitrogen and oxygen atoms in total. The van der Waals surface area contributed by atoms with Crippen LogP contribution in [0.3, 0.4) is 0 Å². The highest BCUT2D eigenvalue weighted by atomic mass is 32.2. The number of para-hydroxylation sites is 1. The zero-order valence-electron chi connectivity index (χ0n) is 18.1. The van der Waals surface area contributed by atoms with Gasteiger partial charge in [0.25, 0.3) is 5.56 Å². The van der Waals surface area contributed by atoms with Gasteiger partial charge < -0.3 is 14.8 Å². The number of benzene rings is 2. The molecule has 34 heavy (non-hydrogen) atoms. The van der Waals surface area contributed by atoms with Gasteiger partial charge in [0.1, 0.15) is 5.52 Å². The maximum Gasteiger partial charge on any atom is 0.290 e. The van der Waals surface area contributed by atoms with Gasteiger partial charge in [-0.25, -0.2) is 14.6 Å². The van der Waals surface area contributed by atoms with E-state index in [1.54, 1.807) is 32.4 Å². The summed E-state index contributed by atoms with van der Waals surface area (Å²) < 4.78 is 13.1. The summed E-state index contributed by atoms with van der Waals surface area (Å²) in [6, 6.07) is 14.7. The Morgan fingerprint density at radius 3 is 2.76 bits per heavy atom. The smallest absolute Gasteiger partial charge is 0.290 e. The number of carbonyl (C=O) groups excluding carboxylic acids is 1. The van der Waals surface area contributed by atoms with Crippen molar-refractivity contribution < 1.29 is 14.3 Å². The van der Waals surface area contributed by atoms with Crippen LogP contribution in [0.1, 0.15) is 0 Å². The molecule has 172 valence electrons. The fraction of sp³-hybridized carbons (Fsp3) is 0.136. The number of H-pyrrole nitrogens is 1. The third-order valence-electron chi connectivity index (χ3n) is 4.93. The first-order valence-electron chi connectivity index (χ1n) is 10.0. The molecule has 0 unspecified atom stereocenters. The Balaban J connectivity index is 1.37. The molecule has 0 aliphatic heterocycles. The number of anilines is 1. The first kappa shape index (κ1) is 21.9. The molecular weight excluding hydrogens is 476 g/mol. The second-order valence-electron chi connectivity index (χ2n) is 7.06. The zero-order valence-corrected chi connectivity index (χ0v) is 19.7. The quantitative estimate of drug-likeness (QED) is 0.330. The van der Waals surface area contributed by atoms with E-state index in [0.717, 1.165) is 27.5 Å². The summed E-state index contributed by atoms with van der Waals surface area (Å²) in [7, 11) is 3.11. The van der Waals surface area contributed by atoms with Crippen LogP contribution in [-0.4, -0.2) is 50.7 Å². The number of amides is 1. The number of hydrogen-bond acceptors (Lipinski definition) is 9. The molecule has 1 amide bonds. The minimum atomic E-state index is -0.387. The fourth-order valence-electron chi connectivity index (χ4n) is 3.33. The van der Waals surface area contributed by atoms with Gasteiger partial charge in [-0.1, -0.05) is 35.2 Å². The minimum Gasteiger partial charge on any atom is -0.493 e. The number of aromatic amines is 1. The lowest BCUT2D eigenvalue weighted by Crippen LogP contribution is -2.17. The molecular formula is C22H18N6O4S2. The largest absolute Gasteiger partial charge is 0.493 e. The zero-order chi connectivity index (χ0) is 23.7. The number of nitrogens with zero attached hydrogens (tertiary/aromatic N) is 4. The van der Waals surface area contributed by atoms with Crippen molar-refractivity contribution in [2.24, 2.45) is 0 Å². The molecule has 0 bridgehead atoms. The van der Waals surface area contributed by atoms with Crippen LogP contribution in [0.4, 0.5) is 5.13 Å². The number of thiazole rings is 1. The van der Waals surface area contributed by atoms with Gasteiger partial charge in [-0.05, 0) is 36.4 Å². The monoisotopic (exact) mass is 494 g/mol. The Kier molecular flexibility index (Phi) is 5.90. The summed E-state index contributed by atoms with van der Waals surface area (Å²) in [5.74, 6) is 0.961. The van der Waals surface area contributed by atoms with Crippen LogP contribution >= 0.6 is 23.1 Å². The normalized spacial score (nSPS) is 11.1. The Bertz CT molecular complexity index is 1540. The molecule has 0 aliphatic rings. The number of methoxy groups -OCH3 is 2. The highest BCUT2D eigenvalue weighted by molar-refractivity contribution is 7.99. The molecule has 5 aromatic rings. The molecule has 3 aromatic heterocycles. The van der Waals surface area contributed by atoms with E-state index in [-0.39, 0.29) is 17.2 Å². The van der Waals surface area contributed by atoms with Gasteiger partial charge in [-0.15, -0.1) is 5.10 Å². The number of rotatable bonds is 7. The number of thioether (sulfide) groups is 1. The summed E-state index contributed by atoms with van der Waals surface area (Å²) in [4.78, 5) is 29.3. The maximum absolute atomic E-state index is 12.5. The van der Waals surface area contributed by atoms with E-state index in [1.807, 2.05) is 30.3 Å². The Hall–Kier alpha value is -3.90. The van der Waals surface area contributed by atoms with Crippen molar-refractivity contribution in [2.75, 3.05) is 25.3 Å². The van der Waals surface area contributed by atoms with Gasteiger partial charge in [0.2, 0.25) is 11.1 Å². The van der Waals surface area contributed by atoms with Crippen molar-refractivity contribution in [2.45, 2.75) is 5.16 Å². The van der Waals surface area contributed by atoms with E-state index in [1.165, 1.54) is 15.9 Å². The molecule has 0 aliphatic carbocycles. The maximum atomic E-state index is 12.5. The minimum absolute atomic E-state index is 0.0651. The van der Waals surface area contributed by atoms with Crippen LogP contribution in [0, 0.1) is 0 Å². The Morgan fingerprint density at radius 1 is 1.15 bits per heavy atom.